The second-order valence-corrected chi connectivity index (χ2v) is 9.27. The maximum atomic E-state index is 12.6. The Kier molecular flexibility index (Phi) is 8.63. The Bertz CT molecular complexity index is 1050. The zero-order valence-corrected chi connectivity index (χ0v) is 21.0. The van der Waals surface area contributed by atoms with E-state index in [1.54, 1.807) is 43.3 Å². The number of rotatable bonds is 6. The van der Waals surface area contributed by atoms with Crippen molar-refractivity contribution in [2.24, 2.45) is 5.10 Å². The van der Waals surface area contributed by atoms with Crippen LogP contribution in [0.25, 0.3) is 0 Å². The number of benzene rings is 2. The summed E-state index contributed by atoms with van der Waals surface area (Å²) in [5.41, 5.74) is 3.93. The summed E-state index contributed by atoms with van der Waals surface area (Å²) in [4.78, 5) is 26.9. The van der Waals surface area contributed by atoms with Crippen LogP contribution in [0, 0.1) is 0 Å². The zero-order chi connectivity index (χ0) is 24.1. The van der Waals surface area contributed by atoms with Gasteiger partial charge in [-0.2, -0.15) is 5.10 Å². The molecule has 0 saturated carbocycles. The van der Waals surface area contributed by atoms with E-state index in [1.165, 1.54) is 0 Å². The Morgan fingerprint density at radius 2 is 1.67 bits per heavy atom. The molecular formula is C24H26Cl3N3O3. The fourth-order valence-electron chi connectivity index (χ4n) is 3.90. The SMILES string of the molecule is C/C(=N/NC(=O)c1ccc(OCC(=O)N2[C@H](C)CCC[C@H]2C)cc1)c1ccc(Cl)c(Cl)c1Cl. The Morgan fingerprint density at radius 3 is 2.30 bits per heavy atom. The van der Waals surface area contributed by atoms with E-state index in [9.17, 15) is 9.59 Å². The van der Waals surface area contributed by atoms with Gasteiger partial charge >= 0.3 is 0 Å². The molecule has 1 heterocycles. The molecule has 2 aromatic rings. The molecule has 0 aromatic heterocycles. The number of hydrazone groups is 1. The minimum atomic E-state index is -0.399. The number of carbonyl (C=O) groups is 2. The predicted molar refractivity (Wildman–Crippen MR) is 133 cm³/mol. The number of hydrogen-bond acceptors (Lipinski definition) is 4. The number of carbonyl (C=O) groups excluding carboxylic acids is 2. The van der Waals surface area contributed by atoms with Gasteiger partial charge in [0.05, 0.1) is 20.8 Å². The monoisotopic (exact) mass is 509 g/mol. The van der Waals surface area contributed by atoms with Gasteiger partial charge < -0.3 is 9.64 Å². The second-order valence-electron chi connectivity index (χ2n) is 8.10. The van der Waals surface area contributed by atoms with Crippen molar-refractivity contribution in [2.45, 2.75) is 52.1 Å². The van der Waals surface area contributed by atoms with Crippen LogP contribution in [-0.2, 0) is 4.79 Å². The number of halogens is 3. The van der Waals surface area contributed by atoms with Gasteiger partial charge in [-0.25, -0.2) is 5.43 Å². The number of amides is 2. The van der Waals surface area contributed by atoms with E-state index in [1.807, 2.05) is 4.90 Å². The molecule has 0 aliphatic carbocycles. The van der Waals surface area contributed by atoms with E-state index < -0.39 is 5.91 Å². The summed E-state index contributed by atoms with van der Waals surface area (Å²) in [5, 5.41) is 4.94. The van der Waals surface area contributed by atoms with Gasteiger partial charge in [-0.1, -0.05) is 40.9 Å². The van der Waals surface area contributed by atoms with Crippen molar-refractivity contribution in [3.8, 4) is 5.75 Å². The highest BCUT2D eigenvalue weighted by Crippen LogP contribution is 2.33. The molecule has 33 heavy (non-hydrogen) atoms. The standard InChI is InChI=1S/C24H26Cl3N3O3/c1-14-5-4-6-15(2)30(14)21(31)13-33-18-9-7-17(8-10-18)24(32)29-28-16(3)19-11-12-20(25)23(27)22(19)26/h7-12,14-15H,4-6,13H2,1-3H3,(H,29,32)/b28-16-/t14-,15-/m1/s1. The van der Waals surface area contributed by atoms with Crippen LogP contribution in [0.5, 0.6) is 5.75 Å². The second kappa shape index (κ2) is 11.2. The van der Waals surface area contributed by atoms with Gasteiger partial charge in [0.2, 0.25) is 0 Å². The molecule has 2 amide bonds. The average Bonchev–Trinajstić information content (AvgIpc) is 2.79. The molecule has 3 rings (SSSR count). The summed E-state index contributed by atoms with van der Waals surface area (Å²) < 4.78 is 5.65. The minimum Gasteiger partial charge on any atom is -0.484 e. The Morgan fingerprint density at radius 1 is 1.03 bits per heavy atom. The molecule has 1 saturated heterocycles. The van der Waals surface area contributed by atoms with Crippen molar-refractivity contribution in [3.63, 3.8) is 0 Å². The molecule has 1 fully saturated rings. The highest BCUT2D eigenvalue weighted by atomic mass is 35.5. The maximum absolute atomic E-state index is 12.6. The fourth-order valence-corrected chi connectivity index (χ4v) is 4.57. The van der Waals surface area contributed by atoms with Crippen molar-refractivity contribution < 1.29 is 14.3 Å². The summed E-state index contributed by atoms with van der Waals surface area (Å²) in [6.07, 6.45) is 3.17. The molecule has 0 radical (unpaired) electrons. The third-order valence-corrected chi connectivity index (χ3v) is 7.00. The van der Waals surface area contributed by atoms with Crippen molar-refractivity contribution in [3.05, 3.63) is 62.6 Å². The Hall–Kier alpha value is -2.28. The predicted octanol–water partition coefficient (Wildman–Crippen LogP) is 5.97. The lowest BCUT2D eigenvalue weighted by Gasteiger charge is -2.38. The molecule has 1 aliphatic rings. The number of likely N-dealkylation sites (tertiary alicyclic amines) is 1. The third-order valence-electron chi connectivity index (χ3n) is 5.71. The summed E-state index contributed by atoms with van der Waals surface area (Å²) in [7, 11) is 0. The van der Waals surface area contributed by atoms with E-state index in [0.717, 1.165) is 19.3 Å². The minimum absolute atomic E-state index is 0.0257. The molecule has 0 bridgehead atoms. The van der Waals surface area contributed by atoms with Crippen LogP contribution in [0.3, 0.4) is 0 Å². The van der Waals surface area contributed by atoms with E-state index in [2.05, 4.69) is 24.4 Å². The van der Waals surface area contributed by atoms with Gasteiger partial charge in [0.15, 0.2) is 6.61 Å². The van der Waals surface area contributed by atoms with Crippen LogP contribution >= 0.6 is 34.8 Å². The summed E-state index contributed by atoms with van der Waals surface area (Å²) in [6.45, 7) is 5.80. The topological polar surface area (TPSA) is 71.0 Å². The van der Waals surface area contributed by atoms with Gasteiger partial charge in [0, 0.05) is 23.2 Å². The van der Waals surface area contributed by atoms with Crippen LogP contribution < -0.4 is 10.2 Å². The number of ether oxygens (including phenoxy) is 1. The quantitative estimate of drug-likeness (QED) is 0.296. The number of piperidine rings is 1. The first-order valence-electron chi connectivity index (χ1n) is 10.7. The molecule has 0 spiro atoms. The number of nitrogens with zero attached hydrogens (tertiary/aromatic N) is 2. The van der Waals surface area contributed by atoms with E-state index in [0.29, 0.717) is 27.6 Å². The molecule has 2 atom stereocenters. The summed E-state index contributed by atoms with van der Waals surface area (Å²) in [5.74, 6) is 0.0888. The number of hydrogen-bond donors (Lipinski definition) is 1. The van der Waals surface area contributed by atoms with Crippen LogP contribution in [0.2, 0.25) is 15.1 Å². The molecule has 9 heteroatoms. The lowest BCUT2D eigenvalue weighted by molar-refractivity contribution is -0.139. The molecular weight excluding hydrogens is 485 g/mol. The Balaban J connectivity index is 1.57. The first kappa shape index (κ1) is 25.3. The van der Waals surface area contributed by atoms with Crippen LogP contribution in [0.4, 0.5) is 0 Å². The lowest BCUT2D eigenvalue weighted by atomic mass is 9.97. The first-order chi connectivity index (χ1) is 15.7. The van der Waals surface area contributed by atoms with Crippen LogP contribution in [0.1, 0.15) is 56.0 Å². The molecule has 2 aromatic carbocycles. The number of nitrogens with one attached hydrogen (secondary N) is 1. The van der Waals surface area contributed by atoms with Gasteiger partial charge in [0.25, 0.3) is 11.8 Å². The van der Waals surface area contributed by atoms with Crippen molar-refractivity contribution in [2.75, 3.05) is 6.61 Å². The normalized spacial score (nSPS) is 18.7. The fraction of sp³-hybridized carbons (Fsp3) is 0.375. The molecule has 1 aliphatic heterocycles. The van der Waals surface area contributed by atoms with Crippen LogP contribution in [-0.4, -0.2) is 41.1 Å². The molecule has 0 unspecified atom stereocenters. The molecule has 1 N–H and O–H groups in total. The summed E-state index contributed by atoms with van der Waals surface area (Å²) in [6, 6.07) is 10.3. The lowest BCUT2D eigenvalue weighted by Crippen LogP contribution is -2.49. The zero-order valence-electron chi connectivity index (χ0n) is 18.7. The van der Waals surface area contributed by atoms with E-state index >= 15 is 0 Å². The van der Waals surface area contributed by atoms with Gasteiger partial charge in [-0.05, 0) is 70.4 Å². The first-order valence-corrected chi connectivity index (χ1v) is 11.8. The van der Waals surface area contributed by atoms with Gasteiger partial charge in [0.1, 0.15) is 5.75 Å². The Labute approximate surface area is 208 Å². The van der Waals surface area contributed by atoms with E-state index in [-0.39, 0.29) is 34.6 Å². The molecule has 6 nitrogen and oxygen atoms in total. The van der Waals surface area contributed by atoms with Crippen LogP contribution in [0.15, 0.2) is 41.5 Å². The highest BCUT2D eigenvalue weighted by molar-refractivity contribution is 6.49. The third kappa shape index (κ3) is 6.19. The average molecular weight is 511 g/mol. The van der Waals surface area contributed by atoms with Crippen molar-refractivity contribution in [1.29, 1.82) is 0 Å². The smallest absolute Gasteiger partial charge is 0.271 e. The summed E-state index contributed by atoms with van der Waals surface area (Å²) >= 11 is 18.2. The maximum Gasteiger partial charge on any atom is 0.271 e. The van der Waals surface area contributed by atoms with E-state index in [4.69, 9.17) is 39.5 Å². The highest BCUT2D eigenvalue weighted by Gasteiger charge is 2.29. The largest absolute Gasteiger partial charge is 0.484 e. The van der Waals surface area contributed by atoms with Gasteiger partial charge in [-0.3, -0.25) is 9.59 Å². The molecule has 176 valence electrons. The van der Waals surface area contributed by atoms with Crippen molar-refractivity contribution >= 4 is 52.3 Å². The van der Waals surface area contributed by atoms with Crippen molar-refractivity contribution in [1.82, 2.24) is 10.3 Å². The van der Waals surface area contributed by atoms with Gasteiger partial charge in [-0.15, -0.1) is 0 Å².